The second-order valence-corrected chi connectivity index (χ2v) is 7.59. The first kappa shape index (κ1) is 22.8. The highest BCUT2D eigenvalue weighted by molar-refractivity contribution is 6.24. The molecule has 4 rings (SSSR count). The maximum atomic E-state index is 13.9. The van der Waals surface area contributed by atoms with Crippen LogP contribution in [-0.2, 0) is 20.9 Å². The number of carbonyl (C=O) groups excluding carboxylic acids is 3. The molecule has 1 aliphatic rings. The molecule has 0 aromatic heterocycles. The summed E-state index contributed by atoms with van der Waals surface area (Å²) in [4.78, 5) is 43.2. The van der Waals surface area contributed by atoms with Gasteiger partial charge in [-0.2, -0.15) is 0 Å². The third kappa shape index (κ3) is 4.17. The molecule has 0 saturated carbocycles. The number of para-hydroxylation sites is 1. The normalized spacial score (nSPS) is 15.4. The number of methoxy groups -OCH3 is 3. The molecule has 1 heterocycles. The molecule has 34 heavy (non-hydrogen) atoms. The van der Waals surface area contributed by atoms with Crippen molar-refractivity contribution in [3.05, 3.63) is 83.9 Å². The van der Waals surface area contributed by atoms with Crippen molar-refractivity contribution in [1.82, 2.24) is 0 Å². The van der Waals surface area contributed by atoms with E-state index in [1.807, 2.05) is 12.1 Å². The summed E-state index contributed by atoms with van der Waals surface area (Å²) in [5.74, 6) is -0.695. The number of fused-ring (bicyclic) bond motifs is 1. The quantitative estimate of drug-likeness (QED) is 0.414. The maximum Gasteiger partial charge on any atom is 0.338 e. The Kier molecular flexibility index (Phi) is 6.49. The number of ether oxygens (including phenoxy) is 3. The van der Waals surface area contributed by atoms with Gasteiger partial charge in [0.15, 0.2) is 0 Å². The zero-order valence-corrected chi connectivity index (χ0v) is 19.1. The van der Waals surface area contributed by atoms with E-state index in [1.165, 1.54) is 24.0 Å². The van der Waals surface area contributed by atoms with Crippen molar-refractivity contribution in [3.8, 4) is 11.5 Å². The van der Waals surface area contributed by atoms with E-state index in [4.69, 9.17) is 14.2 Å². The number of carbonyl (C=O) groups is 3. The van der Waals surface area contributed by atoms with Gasteiger partial charge < -0.3 is 19.1 Å². The van der Waals surface area contributed by atoms with Crippen molar-refractivity contribution in [2.24, 2.45) is 0 Å². The molecule has 0 N–H and O–H groups in total. The fourth-order valence-corrected chi connectivity index (χ4v) is 3.96. The van der Waals surface area contributed by atoms with Crippen LogP contribution in [0.2, 0.25) is 0 Å². The van der Waals surface area contributed by atoms with Crippen molar-refractivity contribution >= 4 is 29.2 Å². The van der Waals surface area contributed by atoms with Gasteiger partial charge in [-0.1, -0.05) is 24.3 Å². The Hall–Kier alpha value is -4.33. The van der Waals surface area contributed by atoms with E-state index in [0.717, 1.165) is 5.56 Å². The van der Waals surface area contributed by atoms with Gasteiger partial charge in [0, 0.05) is 5.69 Å². The van der Waals surface area contributed by atoms with Crippen LogP contribution >= 0.6 is 0 Å². The van der Waals surface area contributed by atoms with Gasteiger partial charge in [0.2, 0.25) is 6.04 Å². The number of nitrogens with zero attached hydrogens (tertiary/aromatic N) is 2. The standard InChI is InChI=1S/C26H24N2O6/c1-32-19-13-11-18(12-14-19)28-23(26(31)34-3)25(30)27(16-17-7-6-8-20(15-17)33-2)22-10-5-4-9-21(22)24(28)29/h4-15,23H,16H2,1-3H3. The van der Waals surface area contributed by atoms with E-state index in [2.05, 4.69) is 0 Å². The van der Waals surface area contributed by atoms with Crippen LogP contribution in [0.3, 0.4) is 0 Å². The molecule has 0 radical (unpaired) electrons. The molecule has 0 bridgehead atoms. The Morgan fingerprint density at radius 1 is 0.853 bits per heavy atom. The third-order valence-corrected chi connectivity index (χ3v) is 5.65. The average Bonchev–Trinajstić information content (AvgIpc) is 2.97. The highest BCUT2D eigenvalue weighted by Gasteiger charge is 2.45. The Morgan fingerprint density at radius 3 is 2.24 bits per heavy atom. The molecule has 8 nitrogen and oxygen atoms in total. The average molecular weight is 460 g/mol. The molecule has 0 aliphatic carbocycles. The molecular formula is C26H24N2O6. The molecular weight excluding hydrogens is 436 g/mol. The number of hydrogen-bond donors (Lipinski definition) is 0. The van der Waals surface area contributed by atoms with Crippen LogP contribution in [0.4, 0.5) is 11.4 Å². The lowest BCUT2D eigenvalue weighted by Gasteiger charge is -2.29. The Balaban J connectivity index is 1.86. The fraction of sp³-hybridized carbons (Fsp3) is 0.192. The van der Waals surface area contributed by atoms with E-state index >= 15 is 0 Å². The van der Waals surface area contributed by atoms with Gasteiger partial charge in [-0.3, -0.25) is 14.5 Å². The minimum absolute atomic E-state index is 0.129. The highest BCUT2D eigenvalue weighted by Crippen LogP contribution is 2.33. The first-order valence-corrected chi connectivity index (χ1v) is 10.6. The van der Waals surface area contributed by atoms with Crippen LogP contribution in [-0.4, -0.2) is 45.2 Å². The van der Waals surface area contributed by atoms with Crippen molar-refractivity contribution in [3.63, 3.8) is 0 Å². The van der Waals surface area contributed by atoms with Gasteiger partial charge >= 0.3 is 5.97 Å². The number of anilines is 2. The monoisotopic (exact) mass is 460 g/mol. The number of benzene rings is 3. The molecule has 0 spiro atoms. The van der Waals surface area contributed by atoms with Gasteiger partial charge in [-0.05, 0) is 54.1 Å². The van der Waals surface area contributed by atoms with Gasteiger partial charge in [0.05, 0.1) is 39.1 Å². The molecule has 1 unspecified atom stereocenters. The number of esters is 1. The highest BCUT2D eigenvalue weighted by atomic mass is 16.5. The second-order valence-electron chi connectivity index (χ2n) is 7.59. The summed E-state index contributed by atoms with van der Waals surface area (Å²) < 4.78 is 15.5. The maximum absolute atomic E-state index is 13.9. The van der Waals surface area contributed by atoms with Crippen molar-refractivity contribution in [1.29, 1.82) is 0 Å². The smallest absolute Gasteiger partial charge is 0.338 e. The first-order valence-electron chi connectivity index (χ1n) is 10.6. The summed E-state index contributed by atoms with van der Waals surface area (Å²) in [6, 6.07) is 19.1. The zero-order valence-electron chi connectivity index (χ0n) is 19.1. The Bertz CT molecular complexity index is 1220. The molecule has 8 heteroatoms. The van der Waals surface area contributed by atoms with E-state index in [-0.39, 0.29) is 6.54 Å². The summed E-state index contributed by atoms with van der Waals surface area (Å²) in [5.41, 5.74) is 1.84. The lowest BCUT2D eigenvalue weighted by atomic mass is 10.1. The third-order valence-electron chi connectivity index (χ3n) is 5.65. The van der Waals surface area contributed by atoms with E-state index in [1.54, 1.807) is 67.8 Å². The van der Waals surface area contributed by atoms with Crippen molar-refractivity contribution in [2.75, 3.05) is 31.1 Å². The molecule has 3 aromatic rings. The molecule has 0 fully saturated rings. The van der Waals surface area contributed by atoms with Crippen LogP contribution < -0.4 is 19.3 Å². The Labute approximate surface area is 197 Å². The van der Waals surface area contributed by atoms with E-state index in [0.29, 0.717) is 28.4 Å². The predicted molar refractivity (Wildman–Crippen MR) is 126 cm³/mol. The van der Waals surface area contributed by atoms with Crippen molar-refractivity contribution in [2.45, 2.75) is 12.6 Å². The van der Waals surface area contributed by atoms with Crippen LogP contribution in [0.25, 0.3) is 0 Å². The topological polar surface area (TPSA) is 85.4 Å². The predicted octanol–water partition coefficient (Wildman–Crippen LogP) is 3.44. The zero-order chi connectivity index (χ0) is 24.2. The van der Waals surface area contributed by atoms with Gasteiger partial charge in [-0.25, -0.2) is 4.79 Å². The molecule has 1 aliphatic heterocycles. The van der Waals surface area contributed by atoms with Crippen LogP contribution in [0.5, 0.6) is 11.5 Å². The Morgan fingerprint density at radius 2 is 1.56 bits per heavy atom. The van der Waals surface area contributed by atoms with Crippen LogP contribution in [0, 0.1) is 0 Å². The molecule has 174 valence electrons. The molecule has 1 atom stereocenters. The second kappa shape index (κ2) is 9.66. The number of hydrogen-bond acceptors (Lipinski definition) is 6. The molecule has 2 amide bonds. The lowest BCUT2D eigenvalue weighted by Crippen LogP contribution is -2.53. The van der Waals surface area contributed by atoms with Gasteiger partial charge in [0.25, 0.3) is 11.8 Å². The van der Waals surface area contributed by atoms with E-state index < -0.39 is 23.8 Å². The summed E-state index contributed by atoms with van der Waals surface area (Å²) in [5, 5.41) is 0. The minimum Gasteiger partial charge on any atom is -0.497 e. The molecule has 3 aromatic carbocycles. The minimum atomic E-state index is -1.51. The van der Waals surface area contributed by atoms with Gasteiger partial charge in [0.1, 0.15) is 11.5 Å². The summed E-state index contributed by atoms with van der Waals surface area (Å²) >= 11 is 0. The van der Waals surface area contributed by atoms with Crippen LogP contribution in [0.15, 0.2) is 72.8 Å². The van der Waals surface area contributed by atoms with Crippen LogP contribution in [0.1, 0.15) is 15.9 Å². The van der Waals surface area contributed by atoms with Crippen molar-refractivity contribution < 1.29 is 28.6 Å². The SMILES string of the molecule is COC(=O)C1C(=O)N(Cc2cccc(OC)c2)c2ccccc2C(=O)N1c1ccc(OC)cc1. The molecule has 0 saturated heterocycles. The summed E-state index contributed by atoms with van der Waals surface area (Å²) in [6.07, 6.45) is 0. The number of rotatable bonds is 6. The lowest BCUT2D eigenvalue weighted by molar-refractivity contribution is -0.145. The first-order chi connectivity index (χ1) is 16.5. The summed E-state index contributed by atoms with van der Waals surface area (Å²) in [6.45, 7) is 0.129. The number of amides is 2. The van der Waals surface area contributed by atoms with E-state index in [9.17, 15) is 14.4 Å². The largest absolute Gasteiger partial charge is 0.497 e. The summed E-state index contributed by atoms with van der Waals surface area (Å²) in [7, 11) is 4.28. The van der Waals surface area contributed by atoms with Gasteiger partial charge in [-0.15, -0.1) is 0 Å². The fourth-order valence-electron chi connectivity index (χ4n) is 3.96.